The van der Waals surface area contributed by atoms with Crippen LogP contribution in [0.15, 0.2) is 60.8 Å². The van der Waals surface area contributed by atoms with Crippen molar-refractivity contribution < 1.29 is 14.3 Å². The molecule has 0 aliphatic carbocycles. The molecule has 0 saturated carbocycles. The Morgan fingerprint density at radius 3 is 2.62 bits per heavy atom. The molecule has 2 aromatic carbocycles. The molecular formula is C18H15N3O3. The number of nitrogens with zero attached hydrogens (tertiary/aromatic N) is 1. The van der Waals surface area contributed by atoms with Crippen molar-refractivity contribution in [1.82, 2.24) is 10.2 Å². The molecule has 6 nitrogen and oxygen atoms in total. The molecule has 4 rings (SSSR count). The molecule has 2 heterocycles. The van der Waals surface area contributed by atoms with Crippen LogP contribution in [0.5, 0.6) is 11.5 Å². The molecule has 0 radical (unpaired) electrons. The van der Waals surface area contributed by atoms with Gasteiger partial charge in [0.2, 0.25) is 6.10 Å². The number of amides is 1. The summed E-state index contributed by atoms with van der Waals surface area (Å²) in [5, 5.41) is 9.67. The van der Waals surface area contributed by atoms with E-state index in [4.69, 9.17) is 9.47 Å². The van der Waals surface area contributed by atoms with Crippen LogP contribution in [-0.2, 0) is 4.79 Å². The first kappa shape index (κ1) is 14.3. The summed E-state index contributed by atoms with van der Waals surface area (Å²) in [5.74, 6) is 1.00. The van der Waals surface area contributed by atoms with Gasteiger partial charge in [-0.15, -0.1) is 0 Å². The minimum absolute atomic E-state index is 0.190. The summed E-state index contributed by atoms with van der Waals surface area (Å²) >= 11 is 0. The van der Waals surface area contributed by atoms with Gasteiger partial charge in [-0.25, -0.2) is 0 Å². The fourth-order valence-electron chi connectivity index (χ4n) is 2.52. The van der Waals surface area contributed by atoms with E-state index in [0.717, 1.165) is 11.3 Å². The van der Waals surface area contributed by atoms with Crippen LogP contribution in [0.3, 0.4) is 0 Å². The maximum Gasteiger partial charge on any atom is 0.269 e. The first-order valence-corrected chi connectivity index (χ1v) is 7.59. The van der Waals surface area contributed by atoms with E-state index in [1.807, 2.05) is 48.5 Å². The van der Waals surface area contributed by atoms with Crippen LogP contribution in [0.4, 0.5) is 5.69 Å². The zero-order valence-electron chi connectivity index (χ0n) is 12.7. The van der Waals surface area contributed by atoms with Crippen molar-refractivity contribution in [1.29, 1.82) is 0 Å². The van der Waals surface area contributed by atoms with Crippen LogP contribution >= 0.6 is 0 Å². The van der Waals surface area contributed by atoms with Gasteiger partial charge in [0.15, 0.2) is 11.5 Å². The Balaban J connectivity index is 1.43. The number of H-pyrrole nitrogens is 1. The van der Waals surface area contributed by atoms with Crippen molar-refractivity contribution in [2.24, 2.45) is 0 Å². The third-order valence-electron chi connectivity index (χ3n) is 3.77. The number of aromatic amines is 1. The zero-order valence-corrected chi connectivity index (χ0v) is 12.7. The lowest BCUT2D eigenvalue weighted by molar-refractivity contribution is -0.125. The minimum atomic E-state index is -0.674. The molecule has 1 unspecified atom stereocenters. The lowest BCUT2D eigenvalue weighted by atomic mass is 10.1. The Labute approximate surface area is 138 Å². The second-order valence-electron chi connectivity index (χ2n) is 5.40. The van der Waals surface area contributed by atoms with Crippen LogP contribution in [0, 0.1) is 0 Å². The quantitative estimate of drug-likeness (QED) is 0.778. The second kappa shape index (κ2) is 6.08. The lowest BCUT2D eigenvalue weighted by Gasteiger charge is -2.25. The molecule has 0 spiro atoms. The Bertz CT molecular complexity index is 844. The molecule has 0 bridgehead atoms. The number of hydrogen-bond acceptors (Lipinski definition) is 4. The van der Waals surface area contributed by atoms with E-state index in [9.17, 15) is 4.79 Å². The van der Waals surface area contributed by atoms with Gasteiger partial charge in [0.1, 0.15) is 6.61 Å². The van der Waals surface area contributed by atoms with E-state index >= 15 is 0 Å². The smallest absolute Gasteiger partial charge is 0.269 e. The molecule has 3 aromatic rings. The van der Waals surface area contributed by atoms with Crippen LogP contribution in [0.25, 0.3) is 11.3 Å². The molecule has 24 heavy (non-hydrogen) atoms. The van der Waals surface area contributed by atoms with E-state index in [1.165, 1.54) is 0 Å². The number of para-hydroxylation sites is 2. The summed E-state index contributed by atoms with van der Waals surface area (Å²) < 4.78 is 11.3. The van der Waals surface area contributed by atoms with Crippen LogP contribution in [-0.4, -0.2) is 28.8 Å². The number of nitrogens with one attached hydrogen (secondary N) is 2. The van der Waals surface area contributed by atoms with Gasteiger partial charge in [0.05, 0.1) is 5.69 Å². The lowest BCUT2D eigenvalue weighted by Crippen LogP contribution is -2.40. The third kappa shape index (κ3) is 2.81. The number of ether oxygens (including phenoxy) is 2. The summed E-state index contributed by atoms with van der Waals surface area (Å²) in [6.07, 6.45) is 1.02. The molecule has 0 fully saturated rings. The highest BCUT2D eigenvalue weighted by Crippen LogP contribution is 2.31. The molecule has 2 N–H and O–H groups in total. The van der Waals surface area contributed by atoms with E-state index in [0.29, 0.717) is 17.2 Å². The number of hydrogen-bond donors (Lipinski definition) is 2. The molecule has 1 atom stereocenters. The summed E-state index contributed by atoms with van der Waals surface area (Å²) in [7, 11) is 0. The second-order valence-corrected chi connectivity index (χ2v) is 5.40. The molecular weight excluding hydrogens is 306 g/mol. The fourth-order valence-corrected chi connectivity index (χ4v) is 2.52. The van der Waals surface area contributed by atoms with Gasteiger partial charge >= 0.3 is 0 Å². The van der Waals surface area contributed by atoms with Gasteiger partial charge in [-0.05, 0) is 35.9 Å². The average Bonchev–Trinajstić information content (AvgIpc) is 3.16. The van der Waals surface area contributed by atoms with Crippen LogP contribution in [0.2, 0.25) is 0 Å². The number of aromatic nitrogens is 2. The highest BCUT2D eigenvalue weighted by atomic mass is 16.6. The first-order chi connectivity index (χ1) is 11.8. The van der Waals surface area contributed by atoms with Crippen molar-refractivity contribution in [2.75, 3.05) is 11.9 Å². The van der Waals surface area contributed by atoms with Crippen molar-refractivity contribution in [3.8, 4) is 22.8 Å². The normalized spacial score (nSPS) is 15.8. The molecule has 1 amide bonds. The first-order valence-electron chi connectivity index (χ1n) is 7.59. The largest absolute Gasteiger partial charge is 0.485 e. The van der Waals surface area contributed by atoms with Crippen LogP contribution < -0.4 is 14.8 Å². The summed E-state index contributed by atoms with van der Waals surface area (Å²) in [5.41, 5.74) is 2.62. The monoisotopic (exact) mass is 321 g/mol. The number of fused-ring (bicyclic) bond motifs is 1. The van der Waals surface area contributed by atoms with Gasteiger partial charge in [-0.1, -0.05) is 24.3 Å². The topological polar surface area (TPSA) is 76.2 Å². The Kier molecular flexibility index (Phi) is 3.63. The Morgan fingerprint density at radius 2 is 1.88 bits per heavy atom. The third-order valence-corrected chi connectivity index (χ3v) is 3.77. The molecule has 0 saturated heterocycles. The standard InChI is InChI=1S/C18H15N3O3/c22-18(17-11-23-15-3-1-2-4-16(15)24-17)20-13-7-5-12(6-8-13)14-9-10-19-21-14/h1-10,17H,11H2,(H,19,21)(H,20,22). The van der Waals surface area contributed by atoms with E-state index in [1.54, 1.807) is 12.3 Å². The predicted octanol–water partition coefficient (Wildman–Crippen LogP) is 2.86. The number of rotatable bonds is 3. The maximum atomic E-state index is 12.4. The molecule has 1 aliphatic heterocycles. The van der Waals surface area contributed by atoms with Gasteiger partial charge in [0.25, 0.3) is 5.91 Å². The molecule has 1 aromatic heterocycles. The summed E-state index contributed by atoms with van der Waals surface area (Å²) in [4.78, 5) is 12.4. The van der Waals surface area contributed by atoms with E-state index < -0.39 is 6.10 Å². The minimum Gasteiger partial charge on any atom is -0.485 e. The molecule has 6 heteroatoms. The summed E-state index contributed by atoms with van der Waals surface area (Å²) in [6, 6.07) is 16.7. The predicted molar refractivity (Wildman–Crippen MR) is 89.0 cm³/mol. The van der Waals surface area contributed by atoms with Gasteiger partial charge in [-0.2, -0.15) is 5.10 Å². The average molecular weight is 321 g/mol. The number of anilines is 1. The van der Waals surface area contributed by atoms with Crippen molar-refractivity contribution in [3.05, 3.63) is 60.8 Å². The molecule has 1 aliphatic rings. The number of carbonyl (C=O) groups is 1. The molecule has 120 valence electrons. The Morgan fingerprint density at radius 1 is 1.08 bits per heavy atom. The van der Waals surface area contributed by atoms with Crippen LogP contribution in [0.1, 0.15) is 0 Å². The SMILES string of the molecule is O=C(Nc1ccc(-c2ccn[nH]2)cc1)C1COc2ccccc2O1. The maximum absolute atomic E-state index is 12.4. The zero-order chi connectivity index (χ0) is 16.4. The van der Waals surface area contributed by atoms with Crippen molar-refractivity contribution >= 4 is 11.6 Å². The van der Waals surface area contributed by atoms with Crippen molar-refractivity contribution in [2.45, 2.75) is 6.10 Å². The highest BCUT2D eigenvalue weighted by molar-refractivity contribution is 5.95. The van der Waals surface area contributed by atoms with Gasteiger partial charge in [-0.3, -0.25) is 9.89 Å². The van der Waals surface area contributed by atoms with Crippen molar-refractivity contribution in [3.63, 3.8) is 0 Å². The number of benzene rings is 2. The highest BCUT2D eigenvalue weighted by Gasteiger charge is 2.27. The van der Waals surface area contributed by atoms with E-state index in [2.05, 4.69) is 15.5 Å². The van der Waals surface area contributed by atoms with E-state index in [-0.39, 0.29) is 12.5 Å². The van der Waals surface area contributed by atoms with Gasteiger partial charge < -0.3 is 14.8 Å². The Hall–Kier alpha value is -3.28. The number of carbonyl (C=O) groups excluding carboxylic acids is 1. The fraction of sp³-hybridized carbons (Fsp3) is 0.111. The summed E-state index contributed by atoms with van der Waals surface area (Å²) in [6.45, 7) is 0.190. The van der Waals surface area contributed by atoms with Gasteiger partial charge in [0, 0.05) is 11.9 Å².